The second-order valence-electron chi connectivity index (χ2n) is 7.43. The Kier molecular flexibility index (Phi) is 8.36. The number of rotatable bonds is 7. The molecular weight excluding hydrogens is 434 g/mol. The highest BCUT2D eigenvalue weighted by atomic mass is 32.2. The number of fused-ring (bicyclic) bond motifs is 1. The highest BCUT2D eigenvalue weighted by Crippen LogP contribution is 2.39. The summed E-state index contributed by atoms with van der Waals surface area (Å²) in [7, 11) is -3.58. The third-order valence-electron chi connectivity index (χ3n) is 4.65. The van der Waals surface area contributed by atoms with E-state index in [0.29, 0.717) is 11.8 Å². The van der Waals surface area contributed by atoms with Crippen molar-refractivity contribution in [3.8, 4) is 5.75 Å². The van der Waals surface area contributed by atoms with Gasteiger partial charge in [0.25, 0.3) is 11.8 Å². The lowest BCUT2D eigenvalue weighted by Gasteiger charge is -2.25. The lowest BCUT2D eigenvalue weighted by atomic mass is 10.1. The molecule has 0 aliphatic carbocycles. The van der Waals surface area contributed by atoms with Crippen LogP contribution in [0.15, 0.2) is 48.5 Å². The number of nitrogens with two attached hydrogens (primary N) is 1. The number of sulfonamides is 1. The van der Waals surface area contributed by atoms with Crippen molar-refractivity contribution in [3.05, 3.63) is 59.7 Å². The molecule has 3 N–H and O–H groups in total. The van der Waals surface area contributed by atoms with Crippen LogP contribution in [-0.2, 0) is 37.4 Å². The van der Waals surface area contributed by atoms with E-state index in [4.69, 9.17) is 4.74 Å². The second kappa shape index (κ2) is 10.8. The van der Waals surface area contributed by atoms with Gasteiger partial charge in [-0.1, -0.05) is 36.4 Å². The van der Waals surface area contributed by atoms with E-state index in [1.807, 2.05) is 41.1 Å². The van der Waals surface area contributed by atoms with Gasteiger partial charge in [-0.25, -0.2) is 8.42 Å². The van der Waals surface area contributed by atoms with Gasteiger partial charge in [0.15, 0.2) is 6.61 Å². The van der Waals surface area contributed by atoms with E-state index < -0.39 is 27.6 Å². The van der Waals surface area contributed by atoms with E-state index in [-0.39, 0.29) is 6.61 Å². The Morgan fingerprint density at radius 1 is 1.12 bits per heavy atom. The number of hydrogen-bond donors (Lipinski definition) is 2. The number of hydrogen-bond acceptors (Lipinski definition) is 7. The number of carbonyl (C=O) groups is 3. The molecule has 2 amide bonds. The van der Waals surface area contributed by atoms with Gasteiger partial charge in [0, 0.05) is 30.8 Å². The SMILES string of the molecule is CC(=O)C(N)=O.CC1Cc2c(OCC(=O)NS(C)(=O)=O)cccc2N1Cc1ccccc1. The van der Waals surface area contributed by atoms with E-state index in [2.05, 4.69) is 29.7 Å². The first-order valence-electron chi connectivity index (χ1n) is 9.84. The van der Waals surface area contributed by atoms with Crippen molar-refractivity contribution in [1.82, 2.24) is 4.72 Å². The number of carbonyl (C=O) groups excluding carboxylic acids is 3. The number of anilines is 1. The minimum atomic E-state index is -3.58. The lowest BCUT2D eigenvalue weighted by Crippen LogP contribution is -2.33. The monoisotopic (exact) mass is 461 g/mol. The maximum atomic E-state index is 11.7. The van der Waals surface area contributed by atoms with Crippen LogP contribution >= 0.6 is 0 Å². The zero-order chi connectivity index (χ0) is 23.9. The van der Waals surface area contributed by atoms with E-state index in [9.17, 15) is 22.8 Å². The van der Waals surface area contributed by atoms with Gasteiger partial charge < -0.3 is 15.4 Å². The zero-order valence-corrected chi connectivity index (χ0v) is 19.0. The minimum Gasteiger partial charge on any atom is -0.483 e. The molecule has 1 unspecified atom stereocenters. The summed E-state index contributed by atoms with van der Waals surface area (Å²) in [6.07, 6.45) is 1.75. The molecule has 32 heavy (non-hydrogen) atoms. The van der Waals surface area contributed by atoms with Crippen molar-refractivity contribution in [3.63, 3.8) is 0 Å². The van der Waals surface area contributed by atoms with Gasteiger partial charge in [-0.3, -0.25) is 19.1 Å². The third kappa shape index (κ3) is 7.38. The van der Waals surface area contributed by atoms with Crippen molar-refractivity contribution in [2.45, 2.75) is 32.9 Å². The molecule has 0 radical (unpaired) electrons. The summed E-state index contributed by atoms with van der Waals surface area (Å²) in [4.78, 5) is 33.2. The van der Waals surface area contributed by atoms with Crippen LogP contribution in [0.2, 0.25) is 0 Å². The van der Waals surface area contributed by atoms with Crippen LogP contribution in [0.5, 0.6) is 5.75 Å². The van der Waals surface area contributed by atoms with Gasteiger partial charge in [-0.15, -0.1) is 0 Å². The summed E-state index contributed by atoms with van der Waals surface area (Å²) in [5.74, 6) is -1.55. The average molecular weight is 462 g/mol. The Labute approximate surface area is 187 Å². The van der Waals surface area contributed by atoms with Gasteiger partial charge in [-0.05, 0) is 31.0 Å². The third-order valence-corrected chi connectivity index (χ3v) is 5.25. The normalized spacial score (nSPS) is 14.6. The van der Waals surface area contributed by atoms with E-state index in [1.54, 1.807) is 0 Å². The predicted molar refractivity (Wildman–Crippen MR) is 121 cm³/mol. The Morgan fingerprint density at radius 3 is 2.31 bits per heavy atom. The van der Waals surface area contributed by atoms with Crippen LogP contribution in [-0.4, -0.2) is 44.9 Å². The number of amides is 2. The molecule has 0 saturated heterocycles. The molecule has 2 aromatic carbocycles. The Balaban J connectivity index is 0.000000534. The Hall–Kier alpha value is -3.40. The lowest BCUT2D eigenvalue weighted by molar-refractivity contribution is -0.134. The smallest absolute Gasteiger partial charge is 0.284 e. The molecule has 0 spiro atoms. The molecular formula is C22H27N3O6S. The van der Waals surface area contributed by atoms with Crippen molar-refractivity contribution in [2.75, 3.05) is 17.8 Å². The zero-order valence-electron chi connectivity index (χ0n) is 18.2. The first kappa shape index (κ1) is 24.9. The van der Waals surface area contributed by atoms with Crippen LogP contribution in [0.25, 0.3) is 0 Å². The number of ketones is 1. The van der Waals surface area contributed by atoms with E-state index in [0.717, 1.165) is 37.4 Å². The van der Waals surface area contributed by atoms with E-state index in [1.165, 1.54) is 5.56 Å². The fourth-order valence-corrected chi connectivity index (χ4v) is 3.68. The van der Waals surface area contributed by atoms with E-state index >= 15 is 0 Å². The quantitative estimate of drug-likeness (QED) is 0.590. The van der Waals surface area contributed by atoms with Gasteiger partial charge >= 0.3 is 0 Å². The highest BCUT2D eigenvalue weighted by molar-refractivity contribution is 7.89. The number of nitrogens with one attached hydrogen (secondary N) is 1. The molecule has 172 valence electrons. The van der Waals surface area contributed by atoms with Crippen LogP contribution in [0, 0.1) is 0 Å². The summed E-state index contributed by atoms with van der Waals surface area (Å²) in [5, 5.41) is 0. The molecule has 9 nitrogen and oxygen atoms in total. The molecule has 1 heterocycles. The number of primary amides is 1. The molecule has 1 atom stereocenters. The fourth-order valence-electron chi connectivity index (χ4n) is 3.21. The average Bonchev–Trinajstić information content (AvgIpc) is 3.02. The topological polar surface area (TPSA) is 136 Å². The van der Waals surface area contributed by atoms with Crippen LogP contribution in [0.1, 0.15) is 25.0 Å². The van der Waals surface area contributed by atoms with Crippen molar-refractivity contribution >= 4 is 33.3 Å². The highest BCUT2D eigenvalue weighted by Gasteiger charge is 2.28. The molecule has 10 heteroatoms. The molecule has 0 aromatic heterocycles. The van der Waals surface area contributed by atoms with Gasteiger partial charge in [0.1, 0.15) is 5.75 Å². The Morgan fingerprint density at radius 2 is 1.75 bits per heavy atom. The first-order valence-corrected chi connectivity index (χ1v) is 11.7. The summed E-state index contributed by atoms with van der Waals surface area (Å²) >= 11 is 0. The van der Waals surface area contributed by atoms with Crippen molar-refractivity contribution in [1.29, 1.82) is 0 Å². The molecule has 1 aliphatic heterocycles. The summed E-state index contributed by atoms with van der Waals surface area (Å²) in [5.41, 5.74) is 7.80. The standard InChI is InChI=1S/C19H22N2O4S.C3H5NO2/c1-14-11-16-17(21(14)12-15-7-4-3-5-8-15)9-6-10-18(16)25-13-19(22)20-26(2,23)24;1-2(5)3(4)6/h3-10,14H,11-13H2,1-2H3,(H,20,22);1H3,(H2,4,6). The van der Waals surface area contributed by atoms with Gasteiger partial charge in [0.05, 0.1) is 6.26 Å². The molecule has 3 rings (SSSR count). The number of nitrogens with zero attached hydrogens (tertiary/aromatic N) is 1. The maximum absolute atomic E-state index is 11.7. The first-order chi connectivity index (χ1) is 15.0. The second-order valence-corrected chi connectivity index (χ2v) is 9.18. The number of Topliss-reactive ketones (excluding diaryl/α,β-unsaturated/α-hetero) is 1. The molecule has 1 aliphatic rings. The minimum absolute atomic E-state index is 0.305. The maximum Gasteiger partial charge on any atom is 0.284 e. The summed E-state index contributed by atoms with van der Waals surface area (Å²) in [6.45, 7) is 3.75. The van der Waals surface area contributed by atoms with Crippen LogP contribution < -0.4 is 20.1 Å². The molecule has 0 saturated carbocycles. The number of ether oxygens (including phenoxy) is 1. The van der Waals surface area contributed by atoms with Crippen molar-refractivity contribution < 1.29 is 27.5 Å². The fraction of sp³-hybridized carbons (Fsp3) is 0.318. The molecule has 2 aromatic rings. The summed E-state index contributed by atoms with van der Waals surface area (Å²) < 4.78 is 29.7. The Bertz CT molecular complexity index is 1070. The van der Waals surface area contributed by atoms with Gasteiger partial charge in [0.2, 0.25) is 15.8 Å². The number of benzene rings is 2. The molecule has 0 bridgehead atoms. The summed E-state index contributed by atoms with van der Waals surface area (Å²) in [6, 6.07) is 16.3. The largest absolute Gasteiger partial charge is 0.483 e. The predicted octanol–water partition coefficient (Wildman–Crippen LogP) is 1.15. The van der Waals surface area contributed by atoms with Gasteiger partial charge in [-0.2, -0.15) is 0 Å². The molecule has 0 fully saturated rings. The van der Waals surface area contributed by atoms with Crippen molar-refractivity contribution in [2.24, 2.45) is 5.73 Å². The van der Waals surface area contributed by atoms with Crippen LogP contribution in [0.4, 0.5) is 5.69 Å². The van der Waals surface area contributed by atoms with Crippen LogP contribution in [0.3, 0.4) is 0 Å².